The van der Waals surface area contributed by atoms with Crippen molar-refractivity contribution < 1.29 is 24.3 Å². The third kappa shape index (κ3) is 5.03. The van der Waals surface area contributed by atoms with E-state index < -0.39 is 35.7 Å². The van der Waals surface area contributed by atoms with Gasteiger partial charge in [0.25, 0.3) is 0 Å². The smallest absolute Gasteiger partial charge is 0.373 e. The number of likely N-dealkylation sites (tertiary alicyclic amines) is 1. The highest BCUT2D eigenvalue weighted by molar-refractivity contribution is 6.08. The van der Waals surface area contributed by atoms with Crippen molar-refractivity contribution in [3.05, 3.63) is 71.8 Å². The van der Waals surface area contributed by atoms with Gasteiger partial charge in [0.1, 0.15) is 0 Å². The number of carbonyl (C=O) groups is 4. The lowest BCUT2D eigenvalue weighted by atomic mass is 9.92. The average molecular weight is 393 g/mol. The summed E-state index contributed by atoms with van der Waals surface area (Å²) in [5.41, 5.74) is 1.77. The molecule has 0 bridgehead atoms. The quantitative estimate of drug-likeness (QED) is 0.401. The van der Waals surface area contributed by atoms with Gasteiger partial charge in [-0.25, -0.2) is 9.59 Å². The van der Waals surface area contributed by atoms with Crippen LogP contribution in [0.2, 0.25) is 0 Å². The van der Waals surface area contributed by atoms with Gasteiger partial charge in [0.05, 0.1) is 18.3 Å². The number of benzene rings is 2. The minimum absolute atomic E-state index is 0.0362. The molecule has 2 aromatic rings. The second-order valence-corrected chi connectivity index (χ2v) is 7.36. The van der Waals surface area contributed by atoms with E-state index in [9.17, 15) is 24.3 Å². The Morgan fingerprint density at radius 1 is 1.03 bits per heavy atom. The molecule has 149 valence electrons. The molecule has 1 fully saturated rings. The number of hydrogen-bond donors (Lipinski definition) is 1. The van der Waals surface area contributed by atoms with Crippen molar-refractivity contribution >= 4 is 24.1 Å². The van der Waals surface area contributed by atoms with E-state index in [-0.39, 0.29) is 19.3 Å². The number of carbonyl (C=O) groups excluding carboxylic acids is 3. The molecule has 0 aliphatic carbocycles. The maximum absolute atomic E-state index is 12.8. The van der Waals surface area contributed by atoms with Crippen LogP contribution in [0.1, 0.15) is 24.0 Å². The first kappa shape index (κ1) is 20.6. The number of hydrogen-bond acceptors (Lipinski definition) is 4. The average Bonchev–Trinajstić information content (AvgIpc) is 3.00. The monoisotopic (exact) mass is 393 g/mol. The Morgan fingerprint density at radius 2 is 1.62 bits per heavy atom. The summed E-state index contributed by atoms with van der Waals surface area (Å²) in [4.78, 5) is 49.8. The third-order valence-electron chi connectivity index (χ3n) is 5.29. The van der Waals surface area contributed by atoms with Crippen molar-refractivity contribution in [1.82, 2.24) is 4.90 Å². The molecule has 6 nitrogen and oxygen atoms in total. The van der Waals surface area contributed by atoms with Crippen molar-refractivity contribution in [3.63, 3.8) is 0 Å². The fourth-order valence-electron chi connectivity index (χ4n) is 3.81. The number of rotatable bonds is 9. The van der Waals surface area contributed by atoms with Gasteiger partial charge in [-0.05, 0) is 28.9 Å². The van der Waals surface area contributed by atoms with E-state index in [1.54, 1.807) is 0 Å². The Balaban J connectivity index is 1.72. The lowest BCUT2D eigenvalue weighted by molar-refractivity contribution is -0.144. The highest BCUT2D eigenvalue weighted by atomic mass is 16.4. The SMILES string of the molecule is O=C[C@H](CC(Cc1ccccc1)C(=O)O)[N+]1C(=O)CC(Cc2ccccc2)C1=O. The van der Waals surface area contributed by atoms with Gasteiger partial charge in [-0.15, -0.1) is 0 Å². The van der Waals surface area contributed by atoms with Gasteiger partial charge in [-0.3, -0.25) is 9.59 Å². The number of amides is 2. The largest absolute Gasteiger partial charge is 0.481 e. The summed E-state index contributed by atoms with van der Waals surface area (Å²) in [5.74, 6) is -3.27. The first-order valence-electron chi connectivity index (χ1n) is 9.61. The van der Waals surface area contributed by atoms with Crippen LogP contribution in [0.5, 0.6) is 0 Å². The van der Waals surface area contributed by atoms with E-state index in [4.69, 9.17) is 0 Å². The molecule has 0 spiro atoms. The molecular weight excluding hydrogens is 370 g/mol. The van der Waals surface area contributed by atoms with Crippen LogP contribution in [0.15, 0.2) is 60.7 Å². The molecule has 6 heteroatoms. The second kappa shape index (κ2) is 9.39. The van der Waals surface area contributed by atoms with Crippen LogP contribution in [-0.4, -0.2) is 35.2 Å². The third-order valence-corrected chi connectivity index (χ3v) is 5.29. The van der Waals surface area contributed by atoms with Crippen LogP contribution >= 0.6 is 0 Å². The summed E-state index contributed by atoms with van der Waals surface area (Å²) in [7, 11) is 0. The molecular formula is C23H23NO5+. The van der Waals surface area contributed by atoms with E-state index in [1.807, 2.05) is 60.7 Å². The lowest BCUT2D eigenvalue weighted by Gasteiger charge is -2.16. The summed E-state index contributed by atoms with van der Waals surface area (Å²) in [6, 6.07) is 17.4. The molecule has 1 N–H and O–H groups in total. The van der Waals surface area contributed by atoms with E-state index in [2.05, 4.69) is 0 Å². The number of carboxylic acid groups (broad SMARTS) is 1. The van der Waals surface area contributed by atoms with Crippen LogP contribution in [0.3, 0.4) is 0 Å². The van der Waals surface area contributed by atoms with Crippen molar-refractivity contribution in [2.75, 3.05) is 0 Å². The fraction of sp³-hybridized carbons (Fsp3) is 0.304. The second-order valence-electron chi connectivity index (χ2n) is 7.36. The van der Waals surface area contributed by atoms with Gasteiger partial charge >= 0.3 is 17.8 Å². The van der Waals surface area contributed by atoms with Crippen LogP contribution in [0.25, 0.3) is 0 Å². The topological polar surface area (TPSA) is 94.4 Å². The highest BCUT2D eigenvalue weighted by Gasteiger charge is 2.54. The number of nitrogens with zero attached hydrogens (tertiary/aromatic N) is 1. The predicted molar refractivity (Wildman–Crippen MR) is 106 cm³/mol. The number of aldehydes is 1. The molecule has 3 rings (SSSR count). The molecule has 29 heavy (non-hydrogen) atoms. The van der Waals surface area contributed by atoms with Crippen molar-refractivity contribution in [2.45, 2.75) is 31.7 Å². The Kier molecular flexibility index (Phi) is 6.67. The van der Waals surface area contributed by atoms with Crippen molar-refractivity contribution in [1.29, 1.82) is 0 Å². The molecule has 1 saturated heterocycles. The number of carboxylic acids is 1. The van der Waals surface area contributed by atoms with E-state index in [0.717, 1.165) is 16.0 Å². The normalized spacial score (nSPS) is 19.1. The molecule has 1 heterocycles. The highest BCUT2D eigenvalue weighted by Crippen LogP contribution is 2.26. The molecule has 1 aliphatic heterocycles. The van der Waals surface area contributed by atoms with Gasteiger partial charge in [0.15, 0.2) is 6.29 Å². The van der Waals surface area contributed by atoms with Gasteiger partial charge in [0.2, 0.25) is 6.04 Å². The Morgan fingerprint density at radius 3 is 2.17 bits per heavy atom. The van der Waals surface area contributed by atoms with E-state index in [0.29, 0.717) is 12.7 Å². The Hall–Kier alpha value is -3.12. The Labute approximate surface area is 169 Å². The van der Waals surface area contributed by atoms with Gasteiger partial charge < -0.3 is 5.11 Å². The minimum Gasteiger partial charge on any atom is -0.481 e. The maximum atomic E-state index is 12.8. The number of imide groups is 1. The summed E-state index contributed by atoms with van der Waals surface area (Å²) >= 11 is 0. The van der Waals surface area contributed by atoms with Gasteiger partial charge in [-0.2, -0.15) is 0 Å². The molecule has 0 saturated carbocycles. The number of aliphatic carboxylic acids is 1. The molecule has 1 radical (unpaired) electrons. The van der Waals surface area contributed by atoms with Crippen LogP contribution < -0.4 is 4.90 Å². The van der Waals surface area contributed by atoms with Crippen LogP contribution in [0.4, 0.5) is 0 Å². The van der Waals surface area contributed by atoms with Gasteiger partial charge in [-0.1, -0.05) is 60.7 Å². The molecule has 2 aromatic carbocycles. The zero-order valence-electron chi connectivity index (χ0n) is 15.9. The molecule has 3 atom stereocenters. The van der Waals surface area contributed by atoms with Crippen LogP contribution in [0, 0.1) is 11.8 Å². The summed E-state index contributed by atoms with van der Waals surface area (Å²) in [6.07, 6.45) is 1.10. The summed E-state index contributed by atoms with van der Waals surface area (Å²) in [5, 5.41) is 9.60. The van der Waals surface area contributed by atoms with Crippen molar-refractivity contribution in [2.24, 2.45) is 11.8 Å². The lowest BCUT2D eigenvalue weighted by Crippen LogP contribution is -2.48. The van der Waals surface area contributed by atoms with Crippen LogP contribution in [-0.2, 0) is 32.0 Å². The Bertz CT molecular complexity index is 881. The molecule has 2 amide bonds. The first-order chi connectivity index (χ1) is 14.0. The molecule has 2 unspecified atom stereocenters. The first-order valence-corrected chi connectivity index (χ1v) is 9.61. The summed E-state index contributed by atoms with van der Waals surface area (Å²) in [6.45, 7) is 0. The standard InChI is InChI=1S/C23H23NO5/c25-15-20(13-19(23(28)29)12-17-9-5-2-6-10-17)24-21(26)14-18(22(24)27)11-16-7-3-1-4-8-16/h1-10,15,18-20H,11-14H2,(H,28,29)/q+1/t18?,19?,20-/m0/s1. The zero-order chi connectivity index (χ0) is 20.8. The van der Waals surface area contributed by atoms with E-state index >= 15 is 0 Å². The maximum Gasteiger partial charge on any atom is 0.373 e. The summed E-state index contributed by atoms with van der Waals surface area (Å²) < 4.78 is 0. The fourth-order valence-corrected chi connectivity index (χ4v) is 3.81. The van der Waals surface area contributed by atoms with Crippen molar-refractivity contribution in [3.8, 4) is 0 Å². The van der Waals surface area contributed by atoms with Gasteiger partial charge in [0, 0.05) is 6.42 Å². The molecule has 1 aliphatic rings. The zero-order valence-corrected chi connectivity index (χ0v) is 15.9. The minimum atomic E-state index is -1.07. The predicted octanol–water partition coefficient (Wildman–Crippen LogP) is 2.34. The molecule has 0 aromatic heterocycles. The van der Waals surface area contributed by atoms with E-state index in [1.165, 1.54) is 0 Å².